The largest absolute Gasteiger partial charge is 0.505 e. The first-order valence-electron chi connectivity index (χ1n) is 8.66. The van der Waals surface area contributed by atoms with Gasteiger partial charge in [0.1, 0.15) is 0 Å². The SMILES string of the molecule is COc1ccc2c(c1OC(C)=O)[C@]1(C)CC(=O)C(O)=CC1C(N(C)C)C2=O. The van der Waals surface area contributed by atoms with Gasteiger partial charge in [0.25, 0.3) is 0 Å². The van der Waals surface area contributed by atoms with Crippen molar-refractivity contribution in [2.45, 2.75) is 31.7 Å². The molecule has 7 heteroatoms. The van der Waals surface area contributed by atoms with Gasteiger partial charge in [0.2, 0.25) is 0 Å². The summed E-state index contributed by atoms with van der Waals surface area (Å²) in [5.41, 5.74) is 0.0233. The highest BCUT2D eigenvalue weighted by Gasteiger charge is 2.54. The van der Waals surface area contributed by atoms with E-state index < -0.39 is 29.1 Å². The van der Waals surface area contributed by atoms with Gasteiger partial charge in [0.05, 0.1) is 13.2 Å². The molecule has 1 N–H and O–H groups in total. The van der Waals surface area contributed by atoms with E-state index in [0.29, 0.717) is 16.9 Å². The fraction of sp³-hybridized carbons (Fsp3) is 0.450. The molecule has 7 nitrogen and oxygen atoms in total. The Hall–Kier alpha value is -2.67. The van der Waals surface area contributed by atoms with Gasteiger partial charge >= 0.3 is 5.97 Å². The molecule has 2 aliphatic carbocycles. The molecule has 0 spiro atoms. The number of allylic oxidation sites excluding steroid dienone is 1. The quantitative estimate of drug-likeness (QED) is 0.640. The van der Waals surface area contributed by atoms with Crippen LogP contribution in [0.3, 0.4) is 0 Å². The van der Waals surface area contributed by atoms with Crippen LogP contribution in [0.4, 0.5) is 0 Å². The number of aliphatic hydroxyl groups is 1. The van der Waals surface area contributed by atoms with Crippen molar-refractivity contribution in [2.24, 2.45) is 5.92 Å². The molecule has 2 unspecified atom stereocenters. The van der Waals surface area contributed by atoms with Crippen LogP contribution in [0.25, 0.3) is 0 Å². The summed E-state index contributed by atoms with van der Waals surface area (Å²) in [5, 5.41) is 10.1. The summed E-state index contributed by atoms with van der Waals surface area (Å²) in [6.45, 7) is 3.12. The molecule has 3 atom stereocenters. The number of benzene rings is 1. The normalized spacial score (nSPS) is 27.0. The van der Waals surface area contributed by atoms with Crippen LogP contribution in [-0.2, 0) is 15.0 Å². The topological polar surface area (TPSA) is 93.1 Å². The molecule has 0 radical (unpaired) electrons. The maximum atomic E-state index is 13.3. The van der Waals surface area contributed by atoms with Gasteiger partial charge < -0.3 is 14.6 Å². The number of methoxy groups -OCH3 is 1. The van der Waals surface area contributed by atoms with E-state index in [0.717, 1.165) is 0 Å². The van der Waals surface area contributed by atoms with Crippen LogP contribution < -0.4 is 9.47 Å². The van der Waals surface area contributed by atoms with E-state index in [1.165, 1.54) is 20.1 Å². The summed E-state index contributed by atoms with van der Waals surface area (Å²) in [7, 11) is 5.01. The second kappa shape index (κ2) is 6.49. The Bertz CT molecular complexity index is 871. The van der Waals surface area contributed by atoms with Crippen LogP contribution in [0.5, 0.6) is 11.5 Å². The van der Waals surface area contributed by atoms with E-state index in [4.69, 9.17) is 9.47 Å². The minimum Gasteiger partial charge on any atom is -0.505 e. The number of ketones is 2. The number of nitrogens with zero attached hydrogens (tertiary/aromatic N) is 1. The first-order chi connectivity index (χ1) is 12.6. The Balaban J connectivity index is 2.37. The van der Waals surface area contributed by atoms with Gasteiger partial charge in [-0.2, -0.15) is 0 Å². The third-order valence-electron chi connectivity index (χ3n) is 5.48. The maximum absolute atomic E-state index is 13.3. The minimum absolute atomic E-state index is 0.00788. The van der Waals surface area contributed by atoms with Crippen molar-refractivity contribution in [3.8, 4) is 11.5 Å². The Labute approximate surface area is 157 Å². The van der Waals surface area contributed by atoms with Gasteiger partial charge in [-0.05, 0) is 32.3 Å². The monoisotopic (exact) mass is 373 g/mol. The molecule has 1 aromatic rings. The van der Waals surface area contributed by atoms with Gasteiger partial charge in [-0.25, -0.2) is 0 Å². The summed E-state index contributed by atoms with van der Waals surface area (Å²) in [4.78, 5) is 39.1. The summed E-state index contributed by atoms with van der Waals surface area (Å²) in [6, 6.07) is 2.67. The standard InChI is InChI=1S/C20H23NO6/c1-10(22)27-19-15(26-5)7-6-11-16(19)20(2)9-14(24)13(23)8-12(20)17(18(11)25)21(3)4/h6-8,12,17,23H,9H2,1-5H3/t12?,17?,20-/m1/s1. The third kappa shape index (κ3) is 2.82. The lowest BCUT2D eigenvalue weighted by atomic mass is 9.57. The third-order valence-corrected chi connectivity index (χ3v) is 5.48. The molecule has 2 aliphatic rings. The second-order valence-electron chi connectivity index (χ2n) is 7.48. The predicted molar refractivity (Wildman–Crippen MR) is 97.3 cm³/mol. The van der Waals surface area contributed by atoms with Gasteiger partial charge in [-0.15, -0.1) is 0 Å². The molecule has 0 saturated heterocycles. The first kappa shape index (κ1) is 19.1. The number of esters is 1. The zero-order chi connectivity index (χ0) is 20.1. The molecule has 0 aliphatic heterocycles. The van der Waals surface area contributed by atoms with E-state index >= 15 is 0 Å². The summed E-state index contributed by atoms with van der Waals surface area (Å²) in [5.74, 6) is -1.46. The second-order valence-corrected chi connectivity index (χ2v) is 7.48. The number of Topliss-reactive ketones (excluding diaryl/α,β-unsaturated/α-hetero) is 2. The fourth-order valence-electron chi connectivity index (χ4n) is 4.30. The number of rotatable bonds is 3. The Morgan fingerprint density at radius 2 is 1.96 bits per heavy atom. The number of likely N-dealkylation sites (N-methyl/N-ethyl adjacent to an activating group) is 1. The van der Waals surface area contributed by atoms with Crippen LogP contribution in [0.15, 0.2) is 24.0 Å². The number of hydrogen-bond acceptors (Lipinski definition) is 7. The summed E-state index contributed by atoms with van der Waals surface area (Å²) < 4.78 is 10.8. The summed E-state index contributed by atoms with van der Waals surface area (Å²) >= 11 is 0. The maximum Gasteiger partial charge on any atom is 0.308 e. The van der Waals surface area contributed by atoms with Crippen molar-refractivity contribution >= 4 is 17.5 Å². The molecule has 0 aromatic heterocycles. The zero-order valence-corrected chi connectivity index (χ0v) is 16.0. The van der Waals surface area contributed by atoms with Crippen LogP contribution in [0, 0.1) is 5.92 Å². The molecular weight excluding hydrogens is 350 g/mol. The number of carbonyl (C=O) groups excluding carboxylic acids is 3. The average molecular weight is 373 g/mol. The molecule has 1 aromatic carbocycles. The summed E-state index contributed by atoms with van der Waals surface area (Å²) in [6.07, 6.45) is 1.44. The highest BCUT2D eigenvalue weighted by molar-refractivity contribution is 6.06. The Kier molecular flexibility index (Phi) is 4.59. The lowest BCUT2D eigenvalue weighted by Crippen LogP contribution is -2.56. The van der Waals surface area contributed by atoms with Crippen molar-refractivity contribution in [1.82, 2.24) is 4.90 Å². The van der Waals surface area contributed by atoms with E-state index in [-0.39, 0.29) is 23.7 Å². The van der Waals surface area contributed by atoms with Crippen molar-refractivity contribution in [2.75, 3.05) is 21.2 Å². The van der Waals surface area contributed by atoms with Gasteiger partial charge in [-0.3, -0.25) is 19.3 Å². The molecule has 3 rings (SSSR count). The highest BCUT2D eigenvalue weighted by atomic mass is 16.6. The number of ether oxygens (including phenoxy) is 2. The van der Waals surface area contributed by atoms with E-state index in [9.17, 15) is 19.5 Å². The van der Waals surface area contributed by atoms with Gasteiger partial charge in [-0.1, -0.05) is 6.92 Å². The van der Waals surface area contributed by atoms with E-state index in [1.807, 2.05) is 6.92 Å². The van der Waals surface area contributed by atoms with Crippen molar-refractivity contribution < 1.29 is 29.0 Å². The molecule has 0 amide bonds. The lowest BCUT2D eigenvalue weighted by molar-refractivity contribution is -0.132. The number of aliphatic hydroxyl groups excluding tert-OH is 1. The molecule has 144 valence electrons. The van der Waals surface area contributed by atoms with Crippen LogP contribution in [0.2, 0.25) is 0 Å². The average Bonchev–Trinajstić information content (AvgIpc) is 2.57. The number of fused-ring (bicyclic) bond motifs is 3. The molecule has 27 heavy (non-hydrogen) atoms. The Morgan fingerprint density at radius 3 is 2.52 bits per heavy atom. The van der Waals surface area contributed by atoms with E-state index in [1.54, 1.807) is 31.1 Å². The molecule has 0 fully saturated rings. The molecule has 0 saturated carbocycles. The van der Waals surface area contributed by atoms with Gasteiger partial charge in [0, 0.05) is 35.8 Å². The zero-order valence-electron chi connectivity index (χ0n) is 16.0. The Morgan fingerprint density at radius 1 is 1.30 bits per heavy atom. The van der Waals surface area contributed by atoms with Crippen LogP contribution in [0.1, 0.15) is 36.2 Å². The number of hydrogen-bond donors (Lipinski definition) is 1. The smallest absolute Gasteiger partial charge is 0.308 e. The minimum atomic E-state index is -0.846. The lowest BCUT2D eigenvalue weighted by Gasteiger charge is -2.49. The number of carbonyl (C=O) groups is 3. The van der Waals surface area contributed by atoms with Crippen LogP contribution in [-0.4, -0.2) is 54.8 Å². The first-order valence-corrected chi connectivity index (χ1v) is 8.66. The molecule has 0 heterocycles. The van der Waals surface area contributed by atoms with Crippen molar-refractivity contribution in [1.29, 1.82) is 0 Å². The predicted octanol–water partition coefficient (Wildman–Crippen LogP) is 2.04. The van der Waals surface area contributed by atoms with Crippen LogP contribution >= 0.6 is 0 Å². The highest BCUT2D eigenvalue weighted by Crippen LogP contribution is 2.53. The molecular formula is C20H23NO6. The molecule has 0 bridgehead atoms. The van der Waals surface area contributed by atoms with Crippen molar-refractivity contribution in [3.63, 3.8) is 0 Å². The fourth-order valence-corrected chi connectivity index (χ4v) is 4.30. The van der Waals surface area contributed by atoms with Crippen molar-refractivity contribution in [3.05, 3.63) is 35.1 Å². The van der Waals surface area contributed by atoms with Gasteiger partial charge in [0.15, 0.2) is 28.8 Å². The van der Waals surface area contributed by atoms with E-state index in [2.05, 4.69) is 0 Å².